The lowest BCUT2D eigenvalue weighted by molar-refractivity contribution is 0.105. The van der Waals surface area contributed by atoms with Gasteiger partial charge in [-0.3, -0.25) is 0 Å². The molecule has 1 aliphatic carbocycles. The van der Waals surface area contributed by atoms with E-state index in [1.807, 2.05) is 42.5 Å². The molecule has 2 heterocycles. The zero-order valence-corrected chi connectivity index (χ0v) is 13.7. The number of nitrogens with zero attached hydrogens (tertiary/aromatic N) is 3. The van der Waals surface area contributed by atoms with E-state index in [1.165, 1.54) is 0 Å². The fourth-order valence-corrected chi connectivity index (χ4v) is 2.99. The normalized spacial score (nSPS) is 18.3. The summed E-state index contributed by atoms with van der Waals surface area (Å²) in [4.78, 5) is 4.45. The summed E-state index contributed by atoms with van der Waals surface area (Å²) in [5.41, 5.74) is 3.02. The van der Waals surface area contributed by atoms with E-state index in [2.05, 4.69) is 16.7 Å². The Hall–Kier alpha value is -2.76. The quantitative estimate of drug-likeness (QED) is 0.654. The predicted octanol–water partition coefficient (Wildman–Crippen LogP) is 4.16. The molecule has 3 aromatic rings. The Bertz CT molecular complexity index is 947. The van der Waals surface area contributed by atoms with Gasteiger partial charge in [-0.25, -0.2) is 18.3 Å². The van der Waals surface area contributed by atoms with E-state index in [-0.39, 0.29) is 12.8 Å². The van der Waals surface area contributed by atoms with Crippen LogP contribution in [0, 0.1) is 5.92 Å². The van der Waals surface area contributed by atoms with Crippen LogP contribution >= 0.6 is 0 Å². The largest absolute Gasteiger partial charge is 0.497 e. The molecule has 1 unspecified atom stereocenters. The number of hydrogen-bond acceptors (Lipinski definition) is 3. The molecular weight excluding hydrogens is 324 g/mol. The number of benzene rings is 1. The third-order valence-corrected chi connectivity index (χ3v) is 4.49. The Morgan fingerprint density at radius 3 is 2.64 bits per heavy atom. The van der Waals surface area contributed by atoms with Crippen LogP contribution in [0.5, 0.6) is 5.75 Å². The summed E-state index contributed by atoms with van der Waals surface area (Å²) in [5, 5.41) is 4.50. The first-order chi connectivity index (χ1) is 12.0. The van der Waals surface area contributed by atoms with Crippen LogP contribution in [0.3, 0.4) is 0 Å². The zero-order chi connectivity index (χ0) is 17.6. The lowest BCUT2D eigenvalue weighted by atomic mass is 10.1. The number of methoxy groups -OCH3 is 1. The molecule has 4 rings (SSSR count). The molecule has 0 radical (unpaired) electrons. The number of aromatic nitrogens is 3. The standard InChI is InChI=1S/C19H17F2N3O/c1-12(15-11-19(15,20)21)10-17-22-18-5-3-4-16(24(18)23-17)13-6-8-14(25-2)9-7-13/h3-9,15H,1,10-11H2,2H3. The molecule has 128 valence electrons. The highest BCUT2D eigenvalue weighted by Gasteiger charge is 2.57. The van der Waals surface area contributed by atoms with Gasteiger partial charge in [0, 0.05) is 24.3 Å². The first-order valence-corrected chi connectivity index (χ1v) is 8.02. The Kier molecular flexibility index (Phi) is 3.56. The summed E-state index contributed by atoms with van der Waals surface area (Å²) in [7, 11) is 1.62. The maximum Gasteiger partial charge on any atom is 0.255 e. The summed E-state index contributed by atoms with van der Waals surface area (Å²) in [6.07, 6.45) is 0.153. The van der Waals surface area contributed by atoms with Crippen LogP contribution < -0.4 is 4.74 Å². The predicted molar refractivity (Wildman–Crippen MR) is 90.9 cm³/mol. The average molecular weight is 341 g/mol. The van der Waals surface area contributed by atoms with Crippen molar-refractivity contribution in [3.05, 3.63) is 60.4 Å². The minimum absolute atomic E-state index is 0.115. The third-order valence-electron chi connectivity index (χ3n) is 4.49. The van der Waals surface area contributed by atoms with Crippen molar-refractivity contribution in [2.24, 2.45) is 5.92 Å². The zero-order valence-electron chi connectivity index (χ0n) is 13.7. The molecule has 2 aromatic heterocycles. The molecule has 0 aliphatic heterocycles. The number of ether oxygens (including phenoxy) is 1. The van der Waals surface area contributed by atoms with Gasteiger partial charge in [0.25, 0.3) is 5.92 Å². The van der Waals surface area contributed by atoms with E-state index in [4.69, 9.17) is 4.74 Å². The van der Waals surface area contributed by atoms with Gasteiger partial charge in [-0.2, -0.15) is 5.10 Å². The van der Waals surface area contributed by atoms with Crippen molar-refractivity contribution in [2.45, 2.75) is 18.8 Å². The highest BCUT2D eigenvalue weighted by molar-refractivity contribution is 5.63. The van der Waals surface area contributed by atoms with Crippen LogP contribution in [0.1, 0.15) is 12.2 Å². The smallest absolute Gasteiger partial charge is 0.255 e. The van der Waals surface area contributed by atoms with Gasteiger partial charge in [0.15, 0.2) is 11.5 Å². The van der Waals surface area contributed by atoms with Crippen molar-refractivity contribution in [1.82, 2.24) is 14.6 Å². The van der Waals surface area contributed by atoms with Crippen LogP contribution in [0.15, 0.2) is 54.6 Å². The topological polar surface area (TPSA) is 39.4 Å². The molecule has 0 spiro atoms. The molecule has 1 fully saturated rings. The molecule has 0 amide bonds. The Morgan fingerprint density at radius 2 is 2.00 bits per heavy atom. The molecule has 1 aliphatic rings. The van der Waals surface area contributed by atoms with E-state index >= 15 is 0 Å². The van der Waals surface area contributed by atoms with Gasteiger partial charge in [0.05, 0.1) is 12.8 Å². The SMILES string of the molecule is C=C(Cc1nc2cccc(-c3ccc(OC)cc3)n2n1)C1CC1(F)F. The molecule has 1 aromatic carbocycles. The molecule has 0 N–H and O–H groups in total. The van der Waals surface area contributed by atoms with Crippen molar-refractivity contribution in [3.8, 4) is 17.0 Å². The van der Waals surface area contributed by atoms with E-state index in [0.29, 0.717) is 17.0 Å². The molecule has 25 heavy (non-hydrogen) atoms. The maximum absolute atomic E-state index is 13.2. The van der Waals surface area contributed by atoms with Crippen LogP contribution in [0.25, 0.3) is 16.9 Å². The van der Waals surface area contributed by atoms with E-state index < -0.39 is 11.8 Å². The number of pyridine rings is 1. The van der Waals surface area contributed by atoms with Crippen molar-refractivity contribution in [2.75, 3.05) is 7.11 Å². The van der Waals surface area contributed by atoms with E-state index in [1.54, 1.807) is 11.6 Å². The monoisotopic (exact) mass is 341 g/mol. The number of halogens is 2. The van der Waals surface area contributed by atoms with Gasteiger partial charge in [0.2, 0.25) is 0 Å². The molecule has 0 bridgehead atoms. The lowest BCUT2D eigenvalue weighted by Crippen LogP contribution is -2.01. The van der Waals surface area contributed by atoms with Gasteiger partial charge in [0.1, 0.15) is 5.75 Å². The van der Waals surface area contributed by atoms with Crippen LogP contribution in [-0.2, 0) is 6.42 Å². The van der Waals surface area contributed by atoms with Gasteiger partial charge < -0.3 is 4.74 Å². The summed E-state index contributed by atoms with van der Waals surface area (Å²) >= 11 is 0. The number of fused-ring (bicyclic) bond motifs is 1. The summed E-state index contributed by atoms with van der Waals surface area (Å²) in [6, 6.07) is 13.3. The minimum atomic E-state index is -2.61. The first kappa shape index (κ1) is 15.7. The van der Waals surface area contributed by atoms with Gasteiger partial charge >= 0.3 is 0 Å². The molecule has 1 atom stereocenters. The van der Waals surface area contributed by atoms with Crippen molar-refractivity contribution in [3.63, 3.8) is 0 Å². The number of alkyl halides is 2. The second kappa shape index (κ2) is 5.65. The second-order valence-electron chi connectivity index (χ2n) is 6.29. The highest BCUT2D eigenvalue weighted by atomic mass is 19.3. The van der Waals surface area contributed by atoms with Gasteiger partial charge in [-0.05, 0) is 36.4 Å². The summed E-state index contributed by atoms with van der Waals surface area (Å²) < 4.78 is 33.3. The molecule has 6 heteroatoms. The van der Waals surface area contributed by atoms with Gasteiger partial charge in [-0.1, -0.05) is 18.2 Å². The Labute approximate surface area is 143 Å². The Balaban J connectivity index is 1.65. The number of hydrogen-bond donors (Lipinski definition) is 0. The van der Waals surface area contributed by atoms with Crippen LogP contribution in [0.4, 0.5) is 8.78 Å². The minimum Gasteiger partial charge on any atom is -0.497 e. The van der Waals surface area contributed by atoms with Crippen molar-refractivity contribution in [1.29, 1.82) is 0 Å². The second-order valence-corrected chi connectivity index (χ2v) is 6.29. The van der Waals surface area contributed by atoms with Crippen molar-refractivity contribution < 1.29 is 13.5 Å². The Morgan fingerprint density at radius 1 is 1.28 bits per heavy atom. The molecule has 0 saturated heterocycles. The van der Waals surface area contributed by atoms with Crippen molar-refractivity contribution >= 4 is 5.65 Å². The maximum atomic E-state index is 13.2. The van der Waals surface area contributed by atoms with E-state index in [0.717, 1.165) is 17.0 Å². The summed E-state index contributed by atoms with van der Waals surface area (Å²) in [6.45, 7) is 3.79. The first-order valence-electron chi connectivity index (χ1n) is 8.02. The van der Waals surface area contributed by atoms with Crippen LogP contribution in [0.2, 0.25) is 0 Å². The molecular formula is C19H17F2N3O. The number of rotatable bonds is 5. The third kappa shape index (κ3) is 2.88. The highest BCUT2D eigenvalue weighted by Crippen LogP contribution is 2.52. The lowest BCUT2D eigenvalue weighted by Gasteiger charge is -2.05. The number of allylic oxidation sites excluding steroid dienone is 1. The average Bonchev–Trinajstić information content (AvgIpc) is 3.06. The molecule has 1 saturated carbocycles. The van der Waals surface area contributed by atoms with Gasteiger partial charge in [-0.15, -0.1) is 0 Å². The fraction of sp³-hybridized carbons (Fsp3) is 0.263. The van der Waals surface area contributed by atoms with Crippen LogP contribution in [-0.4, -0.2) is 27.6 Å². The summed E-state index contributed by atoms with van der Waals surface area (Å²) in [5.74, 6) is -2.06. The fourth-order valence-electron chi connectivity index (χ4n) is 2.99. The van der Waals surface area contributed by atoms with E-state index in [9.17, 15) is 8.78 Å². The molecule has 4 nitrogen and oxygen atoms in total.